The number of benzene rings is 2. The van der Waals surface area contributed by atoms with Crippen molar-refractivity contribution >= 4 is 46.7 Å². The molecule has 2 aromatic carbocycles. The van der Waals surface area contributed by atoms with Gasteiger partial charge >= 0.3 is 6.03 Å². The van der Waals surface area contributed by atoms with Crippen LogP contribution in [0.4, 0.5) is 16.2 Å². The molecule has 0 heterocycles. The van der Waals surface area contributed by atoms with Gasteiger partial charge in [0.05, 0.1) is 5.02 Å². The van der Waals surface area contributed by atoms with Crippen molar-refractivity contribution < 1.29 is 9.59 Å². The molecule has 0 atom stereocenters. The van der Waals surface area contributed by atoms with E-state index in [0.29, 0.717) is 28.6 Å². The van der Waals surface area contributed by atoms with E-state index >= 15 is 0 Å². The van der Waals surface area contributed by atoms with Gasteiger partial charge in [-0.3, -0.25) is 4.79 Å². The van der Waals surface area contributed by atoms with Crippen molar-refractivity contribution in [2.24, 2.45) is 5.73 Å². The molecule has 4 N–H and O–H groups in total. The van der Waals surface area contributed by atoms with Crippen molar-refractivity contribution in [1.82, 2.24) is 0 Å². The van der Waals surface area contributed by atoms with Crippen LogP contribution in [0.3, 0.4) is 0 Å². The summed E-state index contributed by atoms with van der Waals surface area (Å²) in [4.78, 5) is 23.7. The number of halogens is 1. The molecular formula is C16H16ClN3O2S. The van der Waals surface area contributed by atoms with E-state index in [9.17, 15) is 9.59 Å². The lowest BCUT2D eigenvalue weighted by Crippen LogP contribution is -2.19. The van der Waals surface area contributed by atoms with E-state index in [1.807, 2.05) is 24.3 Å². The maximum absolute atomic E-state index is 12.0. The van der Waals surface area contributed by atoms with Crippen LogP contribution in [-0.2, 0) is 4.79 Å². The molecule has 0 bridgehead atoms. The van der Waals surface area contributed by atoms with Crippen LogP contribution < -0.4 is 16.4 Å². The van der Waals surface area contributed by atoms with E-state index in [1.54, 1.807) is 24.3 Å². The zero-order valence-corrected chi connectivity index (χ0v) is 13.8. The summed E-state index contributed by atoms with van der Waals surface area (Å²) in [7, 11) is 0. The minimum atomic E-state index is -0.649. The van der Waals surface area contributed by atoms with Gasteiger partial charge < -0.3 is 16.4 Å². The topological polar surface area (TPSA) is 84.2 Å². The lowest BCUT2D eigenvalue weighted by atomic mass is 10.2. The summed E-state index contributed by atoms with van der Waals surface area (Å²) < 4.78 is 0. The zero-order valence-electron chi connectivity index (χ0n) is 12.2. The number of primary amides is 1. The first kappa shape index (κ1) is 17.2. The van der Waals surface area contributed by atoms with Gasteiger partial charge in [-0.15, -0.1) is 11.8 Å². The summed E-state index contributed by atoms with van der Waals surface area (Å²) >= 11 is 7.59. The molecule has 120 valence electrons. The summed E-state index contributed by atoms with van der Waals surface area (Å²) in [6.45, 7) is 0. The largest absolute Gasteiger partial charge is 0.351 e. The summed E-state index contributed by atoms with van der Waals surface area (Å²) in [6, 6.07) is 13.7. The van der Waals surface area contributed by atoms with Crippen LogP contribution >= 0.6 is 23.4 Å². The number of hydrogen-bond donors (Lipinski definition) is 3. The van der Waals surface area contributed by atoms with Gasteiger partial charge in [0, 0.05) is 28.4 Å². The highest BCUT2D eigenvalue weighted by atomic mass is 35.5. The number of amides is 3. The molecular weight excluding hydrogens is 334 g/mol. The molecule has 0 spiro atoms. The van der Waals surface area contributed by atoms with E-state index in [-0.39, 0.29) is 5.91 Å². The van der Waals surface area contributed by atoms with Gasteiger partial charge in [0.15, 0.2) is 0 Å². The molecule has 0 aliphatic carbocycles. The van der Waals surface area contributed by atoms with Gasteiger partial charge in [0.1, 0.15) is 0 Å². The van der Waals surface area contributed by atoms with Gasteiger partial charge in [0.25, 0.3) is 0 Å². The molecule has 0 aliphatic rings. The van der Waals surface area contributed by atoms with E-state index in [2.05, 4.69) is 10.6 Å². The quantitative estimate of drug-likeness (QED) is 0.690. The highest BCUT2D eigenvalue weighted by Gasteiger charge is 2.06. The van der Waals surface area contributed by atoms with E-state index in [1.165, 1.54) is 11.8 Å². The van der Waals surface area contributed by atoms with E-state index < -0.39 is 6.03 Å². The fourth-order valence-corrected chi connectivity index (χ4v) is 3.04. The number of carbonyl (C=O) groups excluding carboxylic acids is 2. The molecule has 0 saturated heterocycles. The SMILES string of the molecule is NC(=O)Nc1cccc(NC(=O)CCSc2ccccc2Cl)c1. The average molecular weight is 350 g/mol. The van der Waals surface area contributed by atoms with Crippen molar-refractivity contribution in [3.8, 4) is 0 Å². The maximum Gasteiger partial charge on any atom is 0.316 e. The van der Waals surface area contributed by atoms with Gasteiger partial charge in [-0.2, -0.15) is 0 Å². The molecule has 7 heteroatoms. The number of hydrogen-bond acceptors (Lipinski definition) is 3. The molecule has 2 aromatic rings. The molecule has 5 nitrogen and oxygen atoms in total. The van der Waals surface area contributed by atoms with Crippen LogP contribution in [0.25, 0.3) is 0 Å². The zero-order chi connectivity index (χ0) is 16.7. The summed E-state index contributed by atoms with van der Waals surface area (Å²) in [5, 5.41) is 5.92. The Labute approximate surface area is 143 Å². The minimum absolute atomic E-state index is 0.110. The molecule has 2 rings (SSSR count). The number of nitrogens with one attached hydrogen (secondary N) is 2. The standard InChI is InChI=1S/C16H16ClN3O2S/c17-13-6-1-2-7-14(13)23-9-8-15(21)19-11-4-3-5-12(10-11)20-16(18)22/h1-7,10H,8-9H2,(H,19,21)(H3,18,20,22). The fraction of sp³-hybridized carbons (Fsp3) is 0.125. The Morgan fingerprint density at radius 2 is 1.74 bits per heavy atom. The number of urea groups is 1. The van der Waals surface area contributed by atoms with Crippen LogP contribution in [0.1, 0.15) is 6.42 Å². The predicted molar refractivity (Wildman–Crippen MR) is 95.1 cm³/mol. The molecule has 0 unspecified atom stereocenters. The third-order valence-electron chi connectivity index (χ3n) is 2.84. The fourth-order valence-electron chi connectivity index (χ4n) is 1.86. The Balaban J connectivity index is 1.83. The van der Waals surface area contributed by atoms with E-state index in [0.717, 1.165) is 4.90 Å². The van der Waals surface area contributed by atoms with Crippen molar-refractivity contribution in [3.05, 3.63) is 53.6 Å². The second-order valence-electron chi connectivity index (χ2n) is 4.65. The molecule has 0 aliphatic heterocycles. The third-order valence-corrected chi connectivity index (χ3v) is 4.35. The number of anilines is 2. The molecule has 0 saturated carbocycles. The van der Waals surface area contributed by atoms with Gasteiger partial charge in [-0.25, -0.2) is 4.79 Å². The van der Waals surface area contributed by atoms with Crippen LogP contribution in [0.15, 0.2) is 53.4 Å². The Morgan fingerprint density at radius 1 is 1.04 bits per heavy atom. The van der Waals surface area contributed by atoms with Crippen molar-refractivity contribution in [2.75, 3.05) is 16.4 Å². The van der Waals surface area contributed by atoms with Crippen LogP contribution in [0, 0.1) is 0 Å². The Hall–Kier alpha value is -2.18. The molecule has 0 fully saturated rings. The van der Waals surface area contributed by atoms with Crippen molar-refractivity contribution in [2.45, 2.75) is 11.3 Å². The number of carbonyl (C=O) groups is 2. The molecule has 0 aromatic heterocycles. The van der Waals surface area contributed by atoms with E-state index in [4.69, 9.17) is 17.3 Å². The highest BCUT2D eigenvalue weighted by molar-refractivity contribution is 7.99. The molecule has 3 amide bonds. The second kappa shape index (κ2) is 8.45. The minimum Gasteiger partial charge on any atom is -0.351 e. The molecule has 23 heavy (non-hydrogen) atoms. The Morgan fingerprint density at radius 3 is 2.43 bits per heavy atom. The lowest BCUT2D eigenvalue weighted by molar-refractivity contribution is -0.115. The first-order chi connectivity index (χ1) is 11.0. The normalized spacial score (nSPS) is 10.1. The summed E-state index contributed by atoms with van der Waals surface area (Å²) in [6.07, 6.45) is 0.351. The second-order valence-corrected chi connectivity index (χ2v) is 6.19. The van der Waals surface area contributed by atoms with Crippen molar-refractivity contribution in [3.63, 3.8) is 0 Å². The van der Waals surface area contributed by atoms with Crippen LogP contribution in [0.5, 0.6) is 0 Å². The van der Waals surface area contributed by atoms with Crippen LogP contribution in [0.2, 0.25) is 5.02 Å². The average Bonchev–Trinajstić information content (AvgIpc) is 2.49. The number of rotatable bonds is 6. The number of nitrogens with two attached hydrogens (primary N) is 1. The predicted octanol–water partition coefficient (Wildman–Crippen LogP) is 3.95. The first-order valence-corrected chi connectivity index (χ1v) is 8.24. The third kappa shape index (κ3) is 5.84. The first-order valence-electron chi connectivity index (χ1n) is 6.88. The van der Waals surface area contributed by atoms with Crippen LogP contribution in [-0.4, -0.2) is 17.7 Å². The number of thioether (sulfide) groups is 1. The molecule has 0 radical (unpaired) electrons. The smallest absolute Gasteiger partial charge is 0.316 e. The van der Waals surface area contributed by atoms with Crippen molar-refractivity contribution in [1.29, 1.82) is 0 Å². The monoisotopic (exact) mass is 349 g/mol. The Bertz CT molecular complexity index is 709. The highest BCUT2D eigenvalue weighted by Crippen LogP contribution is 2.27. The Kier molecular flexibility index (Phi) is 6.31. The summed E-state index contributed by atoms with van der Waals surface area (Å²) in [5.74, 6) is 0.509. The maximum atomic E-state index is 12.0. The summed E-state index contributed by atoms with van der Waals surface area (Å²) in [5.41, 5.74) is 6.19. The lowest BCUT2D eigenvalue weighted by Gasteiger charge is -2.08. The van der Waals surface area contributed by atoms with Gasteiger partial charge in [0.2, 0.25) is 5.91 Å². The van der Waals surface area contributed by atoms with Gasteiger partial charge in [-0.05, 0) is 30.3 Å². The van der Waals surface area contributed by atoms with Gasteiger partial charge in [-0.1, -0.05) is 29.8 Å².